The van der Waals surface area contributed by atoms with Crippen LogP contribution < -0.4 is 0 Å². The molecule has 0 spiro atoms. The molecular weight excluding hydrogens is 253 g/mol. The van der Waals surface area contributed by atoms with Crippen molar-refractivity contribution in [1.82, 2.24) is 0 Å². The van der Waals surface area contributed by atoms with E-state index in [1.54, 1.807) is 26.8 Å². The zero-order chi connectivity index (χ0) is 14.9. The van der Waals surface area contributed by atoms with Gasteiger partial charge >= 0.3 is 6.18 Å². The van der Waals surface area contributed by atoms with E-state index >= 15 is 0 Å². The normalized spacial score (nSPS) is 15.9. The zero-order valence-electron chi connectivity index (χ0n) is 11.4. The minimum absolute atomic E-state index is 0.329. The van der Waals surface area contributed by atoms with E-state index in [-0.39, 0.29) is 0 Å². The first-order valence-electron chi connectivity index (χ1n) is 6.02. The molecule has 0 amide bonds. The maximum Gasteiger partial charge on any atom is 0.416 e. The molecule has 0 heterocycles. The molecule has 19 heavy (non-hydrogen) atoms. The summed E-state index contributed by atoms with van der Waals surface area (Å²) < 4.78 is 37.9. The van der Waals surface area contributed by atoms with E-state index in [0.717, 1.165) is 12.1 Å². The topological polar surface area (TPSA) is 20.2 Å². The fourth-order valence-corrected chi connectivity index (χ4v) is 1.82. The third-order valence-electron chi connectivity index (χ3n) is 3.67. The predicted molar refractivity (Wildman–Crippen MR) is 69.7 cm³/mol. The lowest BCUT2D eigenvalue weighted by Crippen LogP contribution is -2.41. The van der Waals surface area contributed by atoms with Gasteiger partial charge in [0.25, 0.3) is 0 Å². The number of hydrogen-bond donors (Lipinski definition) is 1. The van der Waals surface area contributed by atoms with Crippen molar-refractivity contribution in [1.29, 1.82) is 0 Å². The molecule has 1 atom stereocenters. The minimum Gasteiger partial charge on any atom is -0.386 e. The molecule has 1 rings (SSSR count). The summed E-state index contributed by atoms with van der Waals surface area (Å²) in [6.07, 6.45) is -2.60. The van der Waals surface area contributed by atoms with Gasteiger partial charge in [-0.25, -0.2) is 0 Å². The molecule has 1 unspecified atom stereocenters. The van der Waals surface area contributed by atoms with Crippen LogP contribution in [0.15, 0.2) is 36.9 Å². The maximum absolute atomic E-state index is 12.6. The average molecular weight is 272 g/mol. The van der Waals surface area contributed by atoms with Crippen molar-refractivity contribution in [2.24, 2.45) is 5.41 Å². The second-order valence-corrected chi connectivity index (χ2v) is 5.61. The van der Waals surface area contributed by atoms with Crippen LogP contribution >= 0.6 is 0 Å². The van der Waals surface area contributed by atoms with E-state index in [2.05, 4.69) is 6.58 Å². The Balaban J connectivity index is 3.04. The summed E-state index contributed by atoms with van der Waals surface area (Å²) in [4.78, 5) is 0. The molecule has 0 saturated heterocycles. The third-order valence-corrected chi connectivity index (χ3v) is 3.67. The molecule has 0 aliphatic rings. The van der Waals surface area contributed by atoms with Gasteiger partial charge in [-0.15, -0.1) is 6.58 Å². The Morgan fingerprint density at radius 1 is 1.21 bits per heavy atom. The predicted octanol–water partition coefficient (Wildman–Crippen LogP) is 4.21. The molecule has 4 heteroatoms. The van der Waals surface area contributed by atoms with Gasteiger partial charge in [0.05, 0.1) is 11.2 Å². The second kappa shape index (κ2) is 5.00. The SMILES string of the molecule is C=CC(C)(O)C(C)(C)Cc1cccc(C(F)(F)F)c1. The monoisotopic (exact) mass is 272 g/mol. The van der Waals surface area contributed by atoms with Crippen LogP contribution in [0.25, 0.3) is 0 Å². The highest BCUT2D eigenvalue weighted by Crippen LogP contribution is 2.36. The van der Waals surface area contributed by atoms with Gasteiger partial charge in [-0.1, -0.05) is 38.1 Å². The van der Waals surface area contributed by atoms with E-state index in [0.29, 0.717) is 12.0 Å². The van der Waals surface area contributed by atoms with Gasteiger partial charge in [-0.3, -0.25) is 0 Å². The average Bonchev–Trinajstić information content (AvgIpc) is 2.27. The van der Waals surface area contributed by atoms with Crippen molar-refractivity contribution < 1.29 is 18.3 Å². The highest BCUT2D eigenvalue weighted by atomic mass is 19.4. The first-order chi connectivity index (χ1) is 8.49. The van der Waals surface area contributed by atoms with Crippen molar-refractivity contribution in [2.75, 3.05) is 0 Å². The standard InChI is InChI=1S/C15H19F3O/c1-5-14(4,19)13(2,3)10-11-7-6-8-12(9-11)15(16,17)18/h5-9,19H,1,10H2,2-4H3. The van der Waals surface area contributed by atoms with Gasteiger partial charge in [0.2, 0.25) is 0 Å². The summed E-state index contributed by atoms with van der Waals surface area (Å²) in [5.74, 6) is 0. The van der Waals surface area contributed by atoms with Crippen LogP contribution in [0, 0.1) is 5.41 Å². The molecule has 0 aliphatic carbocycles. The van der Waals surface area contributed by atoms with Gasteiger partial charge in [0.15, 0.2) is 0 Å². The van der Waals surface area contributed by atoms with E-state index in [1.165, 1.54) is 12.1 Å². The number of alkyl halides is 3. The summed E-state index contributed by atoms with van der Waals surface area (Å²) in [7, 11) is 0. The lowest BCUT2D eigenvalue weighted by atomic mass is 9.72. The molecule has 0 bridgehead atoms. The van der Waals surface area contributed by atoms with E-state index in [9.17, 15) is 18.3 Å². The lowest BCUT2D eigenvalue weighted by molar-refractivity contribution is -0.137. The molecule has 106 valence electrons. The van der Waals surface area contributed by atoms with Crippen molar-refractivity contribution in [2.45, 2.75) is 39.0 Å². The molecule has 1 N–H and O–H groups in total. The smallest absolute Gasteiger partial charge is 0.386 e. The van der Waals surface area contributed by atoms with E-state index in [1.807, 2.05) is 0 Å². The fourth-order valence-electron chi connectivity index (χ4n) is 1.82. The Bertz CT molecular complexity index is 459. The highest BCUT2D eigenvalue weighted by Gasteiger charge is 2.37. The minimum atomic E-state index is -4.35. The molecule has 0 radical (unpaired) electrons. The Labute approximate surface area is 111 Å². The maximum atomic E-state index is 12.6. The fraction of sp³-hybridized carbons (Fsp3) is 0.467. The number of benzene rings is 1. The Hall–Kier alpha value is -1.29. The first kappa shape index (κ1) is 15.8. The van der Waals surface area contributed by atoms with Crippen LogP contribution in [0.2, 0.25) is 0 Å². The quantitative estimate of drug-likeness (QED) is 0.814. The largest absolute Gasteiger partial charge is 0.416 e. The summed E-state index contributed by atoms with van der Waals surface area (Å²) >= 11 is 0. The summed E-state index contributed by atoms with van der Waals surface area (Å²) in [5.41, 5.74) is -1.89. The molecule has 1 aromatic rings. The van der Waals surface area contributed by atoms with Crippen LogP contribution in [0.3, 0.4) is 0 Å². The molecule has 0 aliphatic heterocycles. The second-order valence-electron chi connectivity index (χ2n) is 5.61. The van der Waals surface area contributed by atoms with E-state index < -0.39 is 22.8 Å². The highest BCUT2D eigenvalue weighted by molar-refractivity contribution is 5.27. The van der Waals surface area contributed by atoms with Crippen molar-refractivity contribution in [3.8, 4) is 0 Å². The molecule has 1 aromatic carbocycles. The number of hydrogen-bond acceptors (Lipinski definition) is 1. The van der Waals surface area contributed by atoms with Crippen LogP contribution in [-0.4, -0.2) is 10.7 Å². The van der Waals surface area contributed by atoms with Crippen LogP contribution in [0.1, 0.15) is 31.9 Å². The molecule has 0 fully saturated rings. The van der Waals surface area contributed by atoms with Gasteiger partial charge in [-0.2, -0.15) is 13.2 Å². The number of halogens is 3. The van der Waals surface area contributed by atoms with Crippen LogP contribution in [-0.2, 0) is 12.6 Å². The number of aliphatic hydroxyl groups is 1. The summed E-state index contributed by atoms with van der Waals surface area (Å²) in [6, 6.07) is 5.19. The van der Waals surface area contributed by atoms with Gasteiger partial charge in [0, 0.05) is 5.41 Å². The Kier molecular flexibility index (Phi) is 4.15. The van der Waals surface area contributed by atoms with Gasteiger partial charge in [0.1, 0.15) is 0 Å². The summed E-state index contributed by atoms with van der Waals surface area (Å²) in [5, 5.41) is 10.2. The third kappa shape index (κ3) is 3.60. The molecular formula is C15H19F3O. The zero-order valence-corrected chi connectivity index (χ0v) is 11.4. The van der Waals surface area contributed by atoms with Crippen LogP contribution in [0.4, 0.5) is 13.2 Å². The van der Waals surface area contributed by atoms with Crippen LogP contribution in [0.5, 0.6) is 0 Å². The Morgan fingerprint density at radius 3 is 2.26 bits per heavy atom. The summed E-state index contributed by atoms with van der Waals surface area (Å²) in [6.45, 7) is 8.77. The van der Waals surface area contributed by atoms with E-state index in [4.69, 9.17) is 0 Å². The van der Waals surface area contributed by atoms with Crippen molar-refractivity contribution in [3.63, 3.8) is 0 Å². The lowest BCUT2D eigenvalue weighted by Gasteiger charge is -2.38. The molecule has 1 nitrogen and oxygen atoms in total. The van der Waals surface area contributed by atoms with Crippen molar-refractivity contribution in [3.05, 3.63) is 48.0 Å². The molecule has 0 aromatic heterocycles. The van der Waals surface area contributed by atoms with Gasteiger partial charge < -0.3 is 5.11 Å². The van der Waals surface area contributed by atoms with Gasteiger partial charge in [-0.05, 0) is 25.0 Å². The molecule has 0 saturated carbocycles. The number of rotatable bonds is 4. The van der Waals surface area contributed by atoms with Crippen molar-refractivity contribution >= 4 is 0 Å². The Morgan fingerprint density at radius 2 is 1.79 bits per heavy atom. The first-order valence-corrected chi connectivity index (χ1v) is 6.02.